The van der Waals surface area contributed by atoms with Crippen LogP contribution < -0.4 is 0 Å². The third kappa shape index (κ3) is 2.66. The van der Waals surface area contributed by atoms with Gasteiger partial charge < -0.3 is 0 Å². The highest BCUT2D eigenvalue weighted by atomic mass is 79.9. The van der Waals surface area contributed by atoms with E-state index in [1.54, 1.807) is 18.2 Å². The number of sulfone groups is 1. The second-order valence-electron chi connectivity index (χ2n) is 3.69. The summed E-state index contributed by atoms with van der Waals surface area (Å²) >= 11 is 3.09. The van der Waals surface area contributed by atoms with Crippen LogP contribution in [0, 0.1) is 10.1 Å². The van der Waals surface area contributed by atoms with Crippen molar-refractivity contribution in [3.05, 3.63) is 63.1 Å². The summed E-state index contributed by atoms with van der Waals surface area (Å²) < 4.78 is 25.2. The van der Waals surface area contributed by atoms with Crippen molar-refractivity contribution in [3.8, 4) is 0 Å². The van der Waals surface area contributed by atoms with E-state index in [4.69, 9.17) is 0 Å². The molecule has 2 aromatic rings. The summed E-state index contributed by atoms with van der Waals surface area (Å²) in [6, 6.07) is 11.5. The van der Waals surface area contributed by atoms with Crippen LogP contribution in [0.5, 0.6) is 0 Å². The Bertz CT molecular complexity index is 729. The largest absolute Gasteiger partial charge is 0.289 e. The Kier molecular flexibility index (Phi) is 3.68. The second-order valence-corrected chi connectivity index (χ2v) is 6.52. The number of rotatable bonds is 3. The highest BCUT2D eigenvalue weighted by Crippen LogP contribution is 2.31. The maximum absolute atomic E-state index is 12.4. The summed E-state index contributed by atoms with van der Waals surface area (Å²) in [6.07, 6.45) is 0. The molecule has 0 saturated heterocycles. The molecule has 5 nitrogen and oxygen atoms in total. The first kappa shape index (κ1) is 13.7. The monoisotopic (exact) mass is 341 g/mol. The Morgan fingerprint density at radius 3 is 2.26 bits per heavy atom. The molecule has 0 bridgehead atoms. The van der Waals surface area contributed by atoms with Gasteiger partial charge >= 0.3 is 0 Å². The lowest BCUT2D eigenvalue weighted by Gasteiger charge is -2.05. The highest BCUT2D eigenvalue weighted by Gasteiger charge is 2.27. The molecule has 0 aromatic heterocycles. The van der Waals surface area contributed by atoms with Crippen LogP contribution in [0.25, 0.3) is 0 Å². The summed E-state index contributed by atoms with van der Waals surface area (Å²) in [5.74, 6) is 0. The number of nitrogens with zero attached hydrogens (tertiary/aromatic N) is 1. The average Bonchev–Trinajstić information content (AvgIpc) is 2.39. The van der Waals surface area contributed by atoms with Gasteiger partial charge in [0, 0.05) is 10.5 Å². The fourth-order valence-electron chi connectivity index (χ4n) is 1.59. The van der Waals surface area contributed by atoms with Crippen molar-refractivity contribution < 1.29 is 13.3 Å². The molecule has 0 N–H and O–H groups in total. The average molecular weight is 342 g/mol. The zero-order valence-electron chi connectivity index (χ0n) is 9.49. The van der Waals surface area contributed by atoms with Crippen molar-refractivity contribution in [2.24, 2.45) is 0 Å². The van der Waals surface area contributed by atoms with Gasteiger partial charge in [-0.3, -0.25) is 10.1 Å². The van der Waals surface area contributed by atoms with Crippen LogP contribution >= 0.6 is 15.9 Å². The quantitative estimate of drug-likeness (QED) is 0.634. The van der Waals surface area contributed by atoms with Gasteiger partial charge in [0.1, 0.15) is 4.90 Å². The van der Waals surface area contributed by atoms with Crippen LogP contribution in [-0.4, -0.2) is 13.3 Å². The predicted octanol–water partition coefficient (Wildman–Crippen LogP) is 3.19. The zero-order valence-corrected chi connectivity index (χ0v) is 11.9. The first-order valence-corrected chi connectivity index (χ1v) is 7.44. The topological polar surface area (TPSA) is 77.3 Å². The number of hydrogen-bond acceptors (Lipinski definition) is 4. The van der Waals surface area contributed by atoms with Gasteiger partial charge in [-0.15, -0.1) is 0 Å². The number of benzene rings is 2. The minimum absolute atomic E-state index is 0.0282. The van der Waals surface area contributed by atoms with Gasteiger partial charge in [-0.05, 0) is 24.3 Å². The van der Waals surface area contributed by atoms with Crippen LogP contribution in [0.2, 0.25) is 0 Å². The Hall–Kier alpha value is -1.73. The third-order valence-electron chi connectivity index (χ3n) is 2.46. The molecule has 0 unspecified atom stereocenters. The molecule has 0 heterocycles. The predicted molar refractivity (Wildman–Crippen MR) is 72.7 cm³/mol. The van der Waals surface area contributed by atoms with Crippen molar-refractivity contribution in [2.75, 3.05) is 0 Å². The first-order valence-electron chi connectivity index (χ1n) is 5.17. The maximum Gasteiger partial charge on any atom is 0.289 e. The molecular weight excluding hydrogens is 334 g/mol. The van der Waals surface area contributed by atoms with Crippen molar-refractivity contribution in [2.45, 2.75) is 9.79 Å². The Morgan fingerprint density at radius 1 is 1.05 bits per heavy atom. The summed E-state index contributed by atoms with van der Waals surface area (Å²) in [6.45, 7) is 0. The van der Waals surface area contributed by atoms with Crippen LogP contribution in [0.3, 0.4) is 0 Å². The summed E-state index contributed by atoms with van der Waals surface area (Å²) in [5.41, 5.74) is -0.446. The van der Waals surface area contributed by atoms with Gasteiger partial charge in [0.25, 0.3) is 5.69 Å². The minimum Gasteiger partial charge on any atom is -0.258 e. The number of nitro groups is 1. The summed E-state index contributed by atoms with van der Waals surface area (Å²) in [4.78, 5) is 9.98. The van der Waals surface area contributed by atoms with Gasteiger partial charge in [-0.1, -0.05) is 34.1 Å². The van der Waals surface area contributed by atoms with Crippen LogP contribution in [0.4, 0.5) is 5.69 Å². The molecular formula is C12H8BrNO4S. The molecule has 0 aliphatic carbocycles. The first-order chi connectivity index (χ1) is 8.93. The molecule has 0 amide bonds. The van der Waals surface area contributed by atoms with Crippen LogP contribution in [0.1, 0.15) is 0 Å². The van der Waals surface area contributed by atoms with E-state index in [0.717, 1.165) is 0 Å². The normalized spacial score (nSPS) is 11.2. The molecule has 98 valence electrons. The van der Waals surface area contributed by atoms with Crippen molar-refractivity contribution in [1.29, 1.82) is 0 Å². The third-order valence-corrected chi connectivity index (χ3v) is 4.77. The number of hydrogen-bond donors (Lipinski definition) is 0. The number of nitro benzene ring substituents is 1. The van der Waals surface area contributed by atoms with Gasteiger partial charge in [-0.25, -0.2) is 8.42 Å². The van der Waals surface area contributed by atoms with E-state index in [0.29, 0.717) is 4.47 Å². The van der Waals surface area contributed by atoms with E-state index >= 15 is 0 Å². The molecule has 2 aromatic carbocycles. The van der Waals surface area contributed by atoms with Crippen molar-refractivity contribution in [3.63, 3.8) is 0 Å². The van der Waals surface area contributed by atoms with Gasteiger partial charge in [0.05, 0.1) is 9.82 Å². The molecule has 0 atom stereocenters. The molecule has 0 radical (unpaired) electrons. The molecule has 0 fully saturated rings. The molecule has 0 saturated carbocycles. The van der Waals surface area contributed by atoms with E-state index in [9.17, 15) is 18.5 Å². The van der Waals surface area contributed by atoms with Crippen molar-refractivity contribution in [1.82, 2.24) is 0 Å². The highest BCUT2D eigenvalue weighted by molar-refractivity contribution is 9.10. The van der Waals surface area contributed by atoms with E-state index < -0.39 is 20.4 Å². The molecule has 0 aliphatic rings. The SMILES string of the molecule is O=[N+]([O-])c1cc(Br)ccc1S(=O)(=O)c1ccccc1. The van der Waals surface area contributed by atoms with Crippen LogP contribution in [0.15, 0.2) is 62.8 Å². The van der Waals surface area contributed by atoms with Gasteiger partial charge in [0.15, 0.2) is 0 Å². The van der Waals surface area contributed by atoms with E-state index in [2.05, 4.69) is 15.9 Å². The van der Waals surface area contributed by atoms with E-state index in [1.165, 1.54) is 30.3 Å². The minimum atomic E-state index is -3.89. The zero-order chi connectivity index (χ0) is 14.0. The Morgan fingerprint density at radius 2 is 1.68 bits per heavy atom. The van der Waals surface area contributed by atoms with E-state index in [-0.39, 0.29) is 9.79 Å². The smallest absolute Gasteiger partial charge is 0.258 e. The van der Waals surface area contributed by atoms with Gasteiger partial charge in [0.2, 0.25) is 9.84 Å². The van der Waals surface area contributed by atoms with Gasteiger partial charge in [-0.2, -0.15) is 0 Å². The van der Waals surface area contributed by atoms with Crippen LogP contribution in [-0.2, 0) is 9.84 Å². The molecule has 7 heteroatoms. The lowest BCUT2D eigenvalue weighted by molar-refractivity contribution is -0.387. The summed E-state index contributed by atoms with van der Waals surface area (Å²) in [7, 11) is -3.89. The lowest BCUT2D eigenvalue weighted by atomic mass is 10.3. The fraction of sp³-hybridized carbons (Fsp3) is 0. The molecule has 0 spiro atoms. The fourth-order valence-corrected chi connectivity index (χ4v) is 3.36. The Balaban J connectivity index is 2.69. The summed E-state index contributed by atoms with van der Waals surface area (Å²) in [5, 5.41) is 11.0. The van der Waals surface area contributed by atoms with E-state index in [1.807, 2.05) is 0 Å². The maximum atomic E-state index is 12.4. The Labute approximate surface area is 118 Å². The number of halogens is 1. The molecule has 19 heavy (non-hydrogen) atoms. The molecule has 2 rings (SSSR count). The van der Waals surface area contributed by atoms with Crippen molar-refractivity contribution >= 4 is 31.5 Å². The second kappa shape index (κ2) is 5.10. The standard InChI is InChI=1S/C12H8BrNO4S/c13-9-6-7-12(11(8-9)14(15)16)19(17,18)10-4-2-1-3-5-10/h1-8H. The lowest BCUT2D eigenvalue weighted by Crippen LogP contribution is -2.05. The molecule has 0 aliphatic heterocycles.